The zero-order valence-electron chi connectivity index (χ0n) is 14.1. The third-order valence-corrected chi connectivity index (χ3v) is 4.63. The molecule has 0 unspecified atom stereocenters. The maximum absolute atomic E-state index is 12.5. The highest BCUT2D eigenvalue weighted by atomic mass is 16.5. The number of carbonyl (C=O) groups is 1. The Morgan fingerprint density at radius 2 is 2.04 bits per heavy atom. The summed E-state index contributed by atoms with van der Waals surface area (Å²) in [5.41, 5.74) is 3.86. The molecule has 0 bridgehead atoms. The third-order valence-electron chi connectivity index (χ3n) is 4.63. The predicted octanol–water partition coefficient (Wildman–Crippen LogP) is 2.99. The Balaban J connectivity index is 1.43. The lowest BCUT2D eigenvalue weighted by Gasteiger charge is -2.37. The number of hydrogen-bond donors (Lipinski definition) is 0. The van der Waals surface area contributed by atoms with Gasteiger partial charge in [0.25, 0.3) is 5.91 Å². The van der Waals surface area contributed by atoms with Gasteiger partial charge in [-0.15, -0.1) is 0 Å². The highest BCUT2D eigenvalue weighted by Crippen LogP contribution is 2.29. The van der Waals surface area contributed by atoms with Crippen molar-refractivity contribution in [2.24, 2.45) is 0 Å². The number of likely N-dealkylation sites (tertiary alicyclic amines) is 1. The summed E-state index contributed by atoms with van der Waals surface area (Å²) in [5.74, 6) is 1.24. The molecule has 0 aliphatic carbocycles. The highest BCUT2D eigenvalue weighted by Gasteiger charge is 2.36. The average molecular weight is 334 g/mol. The van der Waals surface area contributed by atoms with Crippen molar-refractivity contribution in [1.82, 2.24) is 20.0 Å². The van der Waals surface area contributed by atoms with Crippen molar-refractivity contribution in [2.45, 2.75) is 19.8 Å². The summed E-state index contributed by atoms with van der Waals surface area (Å²) in [6.07, 6.45) is 3.40. The van der Waals surface area contributed by atoms with Crippen LogP contribution in [0.1, 0.15) is 33.3 Å². The van der Waals surface area contributed by atoms with Crippen molar-refractivity contribution < 1.29 is 9.32 Å². The Morgan fingerprint density at radius 3 is 2.76 bits per heavy atom. The lowest BCUT2D eigenvalue weighted by Crippen LogP contribution is -2.48. The molecule has 1 saturated heterocycles. The molecular formula is C19H18N4O2. The predicted molar refractivity (Wildman–Crippen MR) is 92.1 cm³/mol. The van der Waals surface area contributed by atoms with Gasteiger partial charge in [-0.3, -0.25) is 9.78 Å². The Hall–Kier alpha value is -3.02. The molecule has 0 radical (unpaired) electrons. The molecule has 2 aromatic heterocycles. The van der Waals surface area contributed by atoms with Gasteiger partial charge in [0.1, 0.15) is 0 Å². The van der Waals surface area contributed by atoms with E-state index in [9.17, 15) is 4.79 Å². The van der Waals surface area contributed by atoms with Gasteiger partial charge in [0.2, 0.25) is 11.7 Å². The van der Waals surface area contributed by atoms with Gasteiger partial charge >= 0.3 is 0 Å². The lowest BCUT2D eigenvalue weighted by molar-refractivity contribution is 0.0569. The molecule has 3 aromatic rings. The van der Waals surface area contributed by atoms with Crippen molar-refractivity contribution in [1.29, 1.82) is 0 Å². The van der Waals surface area contributed by atoms with Gasteiger partial charge in [-0.05, 0) is 49.2 Å². The maximum atomic E-state index is 12.5. The molecule has 6 nitrogen and oxygen atoms in total. The van der Waals surface area contributed by atoms with Crippen LogP contribution in [0.25, 0.3) is 11.4 Å². The van der Waals surface area contributed by atoms with Crippen molar-refractivity contribution in [3.63, 3.8) is 0 Å². The quantitative estimate of drug-likeness (QED) is 0.736. The molecule has 0 saturated carbocycles. The summed E-state index contributed by atoms with van der Waals surface area (Å²) in [7, 11) is 0. The van der Waals surface area contributed by atoms with Crippen LogP contribution < -0.4 is 0 Å². The molecule has 0 atom stereocenters. The molecule has 0 N–H and O–H groups in total. The number of benzene rings is 1. The van der Waals surface area contributed by atoms with Crippen LogP contribution in [-0.2, 0) is 0 Å². The van der Waals surface area contributed by atoms with Gasteiger partial charge < -0.3 is 9.42 Å². The van der Waals surface area contributed by atoms with Crippen molar-refractivity contribution in [3.8, 4) is 11.4 Å². The number of aryl methyl sites for hydroxylation is 2. The first kappa shape index (κ1) is 15.5. The fourth-order valence-electron chi connectivity index (χ4n) is 2.87. The first-order valence-electron chi connectivity index (χ1n) is 8.22. The van der Waals surface area contributed by atoms with Gasteiger partial charge in [-0.25, -0.2) is 0 Å². The largest absolute Gasteiger partial charge is 0.339 e. The van der Waals surface area contributed by atoms with Crippen LogP contribution in [0.2, 0.25) is 0 Å². The Morgan fingerprint density at radius 1 is 1.20 bits per heavy atom. The molecule has 3 heterocycles. The molecule has 4 rings (SSSR count). The monoisotopic (exact) mass is 334 g/mol. The van der Waals surface area contributed by atoms with Crippen LogP contribution in [-0.4, -0.2) is 39.0 Å². The van der Waals surface area contributed by atoms with E-state index < -0.39 is 0 Å². The minimum atomic E-state index is 0.0475. The smallest absolute Gasteiger partial charge is 0.253 e. The normalized spacial score (nSPS) is 14.4. The fourth-order valence-corrected chi connectivity index (χ4v) is 2.87. The van der Waals surface area contributed by atoms with Gasteiger partial charge in [0, 0.05) is 36.6 Å². The maximum Gasteiger partial charge on any atom is 0.253 e. The average Bonchev–Trinajstić information content (AvgIpc) is 3.06. The summed E-state index contributed by atoms with van der Waals surface area (Å²) >= 11 is 0. The Bertz CT molecular complexity index is 914. The number of amides is 1. The van der Waals surface area contributed by atoms with Crippen LogP contribution >= 0.6 is 0 Å². The van der Waals surface area contributed by atoms with Crippen molar-refractivity contribution >= 4 is 5.91 Å². The van der Waals surface area contributed by atoms with E-state index in [4.69, 9.17) is 4.52 Å². The van der Waals surface area contributed by atoms with E-state index in [-0.39, 0.29) is 11.8 Å². The number of hydrogen-bond acceptors (Lipinski definition) is 5. The molecule has 6 heteroatoms. The van der Waals surface area contributed by atoms with Gasteiger partial charge in [0.15, 0.2) is 0 Å². The van der Waals surface area contributed by atoms with Gasteiger partial charge in [-0.2, -0.15) is 4.98 Å². The molecule has 126 valence electrons. The van der Waals surface area contributed by atoms with Crippen LogP contribution in [0.4, 0.5) is 0 Å². The molecular weight excluding hydrogens is 316 g/mol. The first-order chi connectivity index (χ1) is 12.1. The Kier molecular flexibility index (Phi) is 3.80. The second-order valence-corrected chi connectivity index (χ2v) is 6.40. The SMILES string of the molecule is Cc1ccc(C(=O)N2CC(c3nc(-c4cccnc4)no3)C2)cc1C. The zero-order valence-corrected chi connectivity index (χ0v) is 14.1. The molecule has 1 aliphatic rings. The third kappa shape index (κ3) is 2.91. The minimum absolute atomic E-state index is 0.0475. The number of pyridine rings is 1. The topological polar surface area (TPSA) is 72.1 Å². The van der Waals surface area contributed by atoms with Crippen LogP contribution in [0.5, 0.6) is 0 Å². The second-order valence-electron chi connectivity index (χ2n) is 6.40. The lowest BCUT2D eigenvalue weighted by atomic mass is 9.97. The Labute approximate surface area is 145 Å². The highest BCUT2D eigenvalue weighted by molar-refractivity contribution is 5.95. The minimum Gasteiger partial charge on any atom is -0.339 e. The first-order valence-corrected chi connectivity index (χ1v) is 8.22. The summed E-state index contributed by atoms with van der Waals surface area (Å²) in [5, 5.41) is 4.01. The summed E-state index contributed by atoms with van der Waals surface area (Å²) in [4.78, 5) is 22.8. The van der Waals surface area contributed by atoms with Crippen LogP contribution in [0.15, 0.2) is 47.2 Å². The number of rotatable bonds is 3. The molecule has 1 fully saturated rings. The molecule has 1 aliphatic heterocycles. The molecule has 0 spiro atoms. The zero-order chi connectivity index (χ0) is 17.4. The van der Waals surface area contributed by atoms with Crippen LogP contribution in [0.3, 0.4) is 0 Å². The number of aromatic nitrogens is 3. The van der Waals surface area contributed by atoms with E-state index in [0.717, 1.165) is 16.7 Å². The summed E-state index contributed by atoms with van der Waals surface area (Å²) in [6.45, 7) is 5.25. The second kappa shape index (κ2) is 6.12. The van der Waals surface area contributed by atoms with E-state index in [1.54, 1.807) is 12.4 Å². The van der Waals surface area contributed by atoms with Crippen LogP contribution in [0, 0.1) is 13.8 Å². The van der Waals surface area contributed by atoms with Gasteiger partial charge in [-0.1, -0.05) is 11.2 Å². The standard InChI is InChI=1S/C19H18N4O2/c1-12-5-6-14(8-13(12)2)19(24)23-10-16(11-23)18-21-17(22-25-18)15-4-3-7-20-9-15/h3-9,16H,10-11H2,1-2H3. The van der Waals surface area contributed by atoms with Crippen molar-refractivity contribution in [2.75, 3.05) is 13.1 Å². The van der Waals surface area contributed by atoms with E-state index in [1.807, 2.05) is 49.1 Å². The van der Waals surface area contributed by atoms with E-state index in [0.29, 0.717) is 24.8 Å². The van der Waals surface area contributed by atoms with E-state index >= 15 is 0 Å². The summed E-state index contributed by atoms with van der Waals surface area (Å²) in [6, 6.07) is 9.53. The molecule has 1 amide bonds. The molecule has 1 aromatic carbocycles. The number of nitrogens with zero attached hydrogens (tertiary/aromatic N) is 4. The summed E-state index contributed by atoms with van der Waals surface area (Å²) < 4.78 is 5.36. The molecule has 25 heavy (non-hydrogen) atoms. The van der Waals surface area contributed by atoms with E-state index in [1.165, 1.54) is 5.56 Å². The fraction of sp³-hybridized carbons (Fsp3) is 0.263. The van der Waals surface area contributed by atoms with E-state index in [2.05, 4.69) is 15.1 Å². The van der Waals surface area contributed by atoms with Crippen molar-refractivity contribution in [3.05, 3.63) is 65.3 Å². The number of carbonyl (C=O) groups excluding carboxylic acids is 1. The van der Waals surface area contributed by atoms with Gasteiger partial charge in [0.05, 0.1) is 5.92 Å².